The Morgan fingerprint density at radius 3 is 2.71 bits per heavy atom. The molecule has 7 heteroatoms. The maximum atomic E-state index is 11.8. The topological polar surface area (TPSA) is 93.5 Å². The van der Waals surface area contributed by atoms with Crippen LogP contribution in [0.1, 0.15) is 27.2 Å². The lowest BCUT2D eigenvalue weighted by atomic mass is 10.2. The van der Waals surface area contributed by atoms with Crippen molar-refractivity contribution in [1.29, 1.82) is 0 Å². The minimum absolute atomic E-state index is 0.0921. The third-order valence-corrected chi connectivity index (χ3v) is 2.78. The zero-order valence-electron chi connectivity index (χ0n) is 12.5. The summed E-state index contributed by atoms with van der Waals surface area (Å²) in [7, 11) is 0. The highest BCUT2D eigenvalue weighted by Crippen LogP contribution is 2.30. The molecule has 1 rings (SSSR count). The second-order valence-electron chi connectivity index (χ2n) is 4.53. The second-order valence-corrected chi connectivity index (χ2v) is 4.53. The van der Waals surface area contributed by atoms with E-state index in [-0.39, 0.29) is 17.3 Å². The van der Waals surface area contributed by atoms with Crippen molar-refractivity contribution < 1.29 is 14.5 Å². The minimum atomic E-state index is -0.494. The molecule has 21 heavy (non-hydrogen) atoms. The fraction of sp³-hybridized carbons (Fsp3) is 0.500. The number of carbonyl (C=O) groups excluding carboxylic acids is 1. The molecule has 116 valence electrons. The van der Waals surface area contributed by atoms with Gasteiger partial charge in [-0.15, -0.1) is 0 Å². The molecule has 0 fully saturated rings. The average Bonchev–Trinajstić information content (AvgIpc) is 2.45. The van der Waals surface area contributed by atoms with Gasteiger partial charge in [0.25, 0.3) is 0 Å². The van der Waals surface area contributed by atoms with E-state index in [0.29, 0.717) is 18.8 Å². The molecule has 1 unspecified atom stereocenters. The molecular formula is C14H21N3O4. The molecule has 7 nitrogen and oxygen atoms in total. The van der Waals surface area contributed by atoms with E-state index in [1.165, 1.54) is 12.1 Å². The number of ether oxygens (including phenoxy) is 1. The van der Waals surface area contributed by atoms with E-state index in [2.05, 4.69) is 10.6 Å². The van der Waals surface area contributed by atoms with Crippen molar-refractivity contribution in [3.05, 3.63) is 28.3 Å². The van der Waals surface area contributed by atoms with Crippen LogP contribution in [0.3, 0.4) is 0 Å². The normalized spacial score (nSPS) is 11.6. The predicted octanol–water partition coefficient (Wildman–Crippen LogP) is 2.32. The number of hydrogen-bond acceptors (Lipinski definition) is 5. The number of anilines is 1. The van der Waals surface area contributed by atoms with Gasteiger partial charge in [0.15, 0.2) is 5.75 Å². The Balaban J connectivity index is 2.82. The first-order valence-corrected chi connectivity index (χ1v) is 6.95. The lowest BCUT2D eigenvalue weighted by molar-refractivity contribution is -0.385. The van der Waals surface area contributed by atoms with Gasteiger partial charge in [-0.2, -0.15) is 0 Å². The lowest BCUT2D eigenvalue weighted by Gasteiger charge is -2.15. The third kappa shape index (κ3) is 4.94. The molecule has 2 N–H and O–H groups in total. The number of carbonyl (C=O) groups is 1. The summed E-state index contributed by atoms with van der Waals surface area (Å²) in [4.78, 5) is 22.2. The van der Waals surface area contributed by atoms with Crippen molar-refractivity contribution >= 4 is 17.3 Å². The summed E-state index contributed by atoms with van der Waals surface area (Å²) < 4.78 is 5.26. The first-order valence-electron chi connectivity index (χ1n) is 6.95. The Morgan fingerprint density at radius 1 is 1.43 bits per heavy atom. The minimum Gasteiger partial charge on any atom is -0.487 e. The van der Waals surface area contributed by atoms with Crippen molar-refractivity contribution in [2.24, 2.45) is 0 Å². The number of nitro groups is 1. The molecule has 0 aromatic heterocycles. The number of nitro benzene ring substituents is 1. The van der Waals surface area contributed by atoms with Gasteiger partial charge in [-0.05, 0) is 26.3 Å². The summed E-state index contributed by atoms with van der Waals surface area (Å²) in [6.45, 7) is 6.41. The van der Waals surface area contributed by atoms with Crippen LogP contribution in [0.15, 0.2) is 18.2 Å². The van der Waals surface area contributed by atoms with Crippen molar-refractivity contribution in [2.45, 2.75) is 33.2 Å². The first kappa shape index (κ1) is 16.7. The Labute approximate surface area is 123 Å². The van der Waals surface area contributed by atoms with E-state index in [9.17, 15) is 14.9 Å². The molecule has 0 heterocycles. The molecule has 0 aliphatic heterocycles. The quantitative estimate of drug-likeness (QED) is 0.567. The fourth-order valence-corrected chi connectivity index (χ4v) is 1.74. The van der Waals surface area contributed by atoms with Crippen molar-refractivity contribution in [1.82, 2.24) is 5.32 Å². The third-order valence-electron chi connectivity index (χ3n) is 2.78. The summed E-state index contributed by atoms with van der Waals surface area (Å²) in [5.41, 5.74) is 0.508. The van der Waals surface area contributed by atoms with Crippen molar-refractivity contribution in [2.75, 3.05) is 18.5 Å². The monoisotopic (exact) mass is 295 g/mol. The molecule has 0 bridgehead atoms. The number of amides is 1. The molecule has 1 aromatic rings. The van der Waals surface area contributed by atoms with Crippen LogP contribution in [-0.2, 0) is 4.79 Å². The van der Waals surface area contributed by atoms with Gasteiger partial charge < -0.3 is 15.4 Å². The number of nitrogens with one attached hydrogen (secondary N) is 2. The van der Waals surface area contributed by atoms with Gasteiger partial charge in [0.2, 0.25) is 5.91 Å². The number of nitrogens with zero attached hydrogens (tertiary/aromatic N) is 1. The van der Waals surface area contributed by atoms with Crippen LogP contribution in [0.4, 0.5) is 11.4 Å². The first-order chi connectivity index (χ1) is 9.99. The molecule has 0 saturated heterocycles. The van der Waals surface area contributed by atoms with Crippen LogP contribution in [-0.4, -0.2) is 30.0 Å². The Hall–Kier alpha value is -2.31. The van der Waals surface area contributed by atoms with E-state index in [1.54, 1.807) is 19.9 Å². The van der Waals surface area contributed by atoms with Crippen LogP contribution in [0, 0.1) is 10.1 Å². The fourth-order valence-electron chi connectivity index (χ4n) is 1.74. The van der Waals surface area contributed by atoms with Gasteiger partial charge in [-0.25, -0.2) is 0 Å². The van der Waals surface area contributed by atoms with Crippen LogP contribution < -0.4 is 15.4 Å². The Morgan fingerprint density at radius 2 is 2.14 bits per heavy atom. The average molecular weight is 295 g/mol. The van der Waals surface area contributed by atoms with Crippen LogP contribution in [0.5, 0.6) is 5.75 Å². The zero-order chi connectivity index (χ0) is 15.8. The maximum absolute atomic E-state index is 11.8. The molecule has 1 aromatic carbocycles. The van der Waals surface area contributed by atoms with E-state index in [0.717, 1.165) is 6.42 Å². The highest BCUT2D eigenvalue weighted by Gasteiger charge is 2.17. The van der Waals surface area contributed by atoms with E-state index >= 15 is 0 Å². The van der Waals surface area contributed by atoms with E-state index in [1.807, 2.05) is 6.92 Å². The molecule has 0 saturated carbocycles. The number of rotatable bonds is 8. The summed E-state index contributed by atoms with van der Waals surface area (Å²) in [5, 5.41) is 16.7. The van der Waals surface area contributed by atoms with Crippen LogP contribution in [0.2, 0.25) is 0 Å². The van der Waals surface area contributed by atoms with Gasteiger partial charge >= 0.3 is 5.69 Å². The molecule has 1 atom stereocenters. The highest BCUT2D eigenvalue weighted by molar-refractivity contribution is 5.84. The van der Waals surface area contributed by atoms with Gasteiger partial charge in [0, 0.05) is 24.4 Å². The maximum Gasteiger partial charge on any atom is 0.311 e. The summed E-state index contributed by atoms with van der Waals surface area (Å²) in [6.07, 6.45) is 0.866. The van der Waals surface area contributed by atoms with Crippen LogP contribution in [0.25, 0.3) is 0 Å². The SMILES string of the molecule is CCCNC(=O)C(C)Nc1ccc([N+](=O)[O-])c(OCC)c1. The standard InChI is InChI=1S/C14H21N3O4/c1-4-8-15-14(18)10(3)16-11-6-7-12(17(19)20)13(9-11)21-5-2/h6-7,9-10,16H,4-5,8H2,1-3H3,(H,15,18). The molecule has 0 aliphatic rings. The van der Waals surface area contributed by atoms with E-state index < -0.39 is 11.0 Å². The van der Waals surface area contributed by atoms with Gasteiger partial charge in [0.05, 0.1) is 11.5 Å². The number of benzene rings is 1. The Bertz CT molecular complexity index is 505. The molecular weight excluding hydrogens is 274 g/mol. The highest BCUT2D eigenvalue weighted by atomic mass is 16.6. The van der Waals surface area contributed by atoms with Gasteiger partial charge in [0.1, 0.15) is 6.04 Å². The second kappa shape index (κ2) is 8.08. The number of hydrogen-bond donors (Lipinski definition) is 2. The largest absolute Gasteiger partial charge is 0.487 e. The molecule has 0 radical (unpaired) electrons. The van der Waals surface area contributed by atoms with Gasteiger partial charge in [-0.3, -0.25) is 14.9 Å². The summed E-state index contributed by atoms with van der Waals surface area (Å²) in [5.74, 6) is 0.0711. The van der Waals surface area contributed by atoms with Crippen LogP contribution >= 0.6 is 0 Å². The summed E-state index contributed by atoms with van der Waals surface area (Å²) >= 11 is 0. The predicted molar refractivity (Wildman–Crippen MR) is 80.7 cm³/mol. The zero-order valence-corrected chi connectivity index (χ0v) is 12.5. The summed E-state index contributed by atoms with van der Waals surface area (Å²) in [6, 6.07) is 4.02. The van der Waals surface area contributed by atoms with Gasteiger partial charge in [-0.1, -0.05) is 6.92 Å². The van der Waals surface area contributed by atoms with E-state index in [4.69, 9.17) is 4.74 Å². The lowest BCUT2D eigenvalue weighted by Crippen LogP contribution is -2.37. The molecule has 1 amide bonds. The molecule has 0 aliphatic carbocycles. The molecule has 0 spiro atoms. The van der Waals surface area contributed by atoms with Crippen molar-refractivity contribution in [3.63, 3.8) is 0 Å². The van der Waals surface area contributed by atoms with Crippen molar-refractivity contribution in [3.8, 4) is 5.75 Å². The smallest absolute Gasteiger partial charge is 0.311 e. The Kier molecular flexibility index (Phi) is 6.45.